The highest BCUT2D eigenvalue weighted by Crippen LogP contribution is 2.29. The highest BCUT2D eigenvalue weighted by atomic mass is 35.5. The number of carbonyl (C=O) groups excluding carboxylic acids is 1. The zero-order chi connectivity index (χ0) is 20.6. The second kappa shape index (κ2) is 12.2. The molecule has 164 valence electrons. The van der Waals surface area contributed by atoms with E-state index in [1.165, 1.54) is 25.7 Å². The number of carbonyl (C=O) groups is 1. The number of likely N-dealkylation sites (tertiary alicyclic amines) is 1. The van der Waals surface area contributed by atoms with Crippen molar-refractivity contribution in [2.24, 2.45) is 0 Å². The Morgan fingerprint density at radius 3 is 2.30 bits per heavy atom. The first kappa shape index (κ1) is 24.5. The number of hydrogen-bond donors (Lipinski definition) is 1. The van der Waals surface area contributed by atoms with Gasteiger partial charge in [-0.3, -0.25) is 9.69 Å². The Morgan fingerprint density at radius 2 is 1.67 bits per heavy atom. The number of rotatable bonds is 7. The maximum atomic E-state index is 12.5. The minimum absolute atomic E-state index is 0. The molecule has 0 aromatic heterocycles. The van der Waals surface area contributed by atoms with E-state index in [4.69, 9.17) is 16.3 Å². The number of nitrogens with zero attached hydrogens (tertiary/aromatic N) is 1. The molecule has 0 bridgehead atoms. The van der Waals surface area contributed by atoms with Crippen LogP contribution < -0.4 is 10.1 Å². The van der Waals surface area contributed by atoms with Crippen LogP contribution in [0, 0.1) is 13.8 Å². The Labute approximate surface area is 191 Å². The summed E-state index contributed by atoms with van der Waals surface area (Å²) in [7, 11) is 0. The van der Waals surface area contributed by atoms with Crippen LogP contribution in [0.25, 0.3) is 0 Å². The maximum Gasteiger partial charge on any atom is 0.258 e. The molecule has 1 aliphatic heterocycles. The third kappa shape index (κ3) is 6.63. The van der Waals surface area contributed by atoms with Gasteiger partial charge < -0.3 is 10.1 Å². The Balaban J connectivity index is 0.00000320. The van der Waals surface area contributed by atoms with E-state index >= 15 is 0 Å². The zero-order valence-corrected chi connectivity index (χ0v) is 19.4. The minimum atomic E-state index is -0.112. The molecule has 1 fully saturated rings. The quantitative estimate of drug-likeness (QED) is 0.605. The number of hydrogen-bond acceptors (Lipinski definition) is 3. The van der Waals surface area contributed by atoms with Crippen molar-refractivity contribution in [1.82, 2.24) is 10.2 Å². The average Bonchev–Trinajstić information content (AvgIpc) is 2.98. The first-order valence-electron chi connectivity index (χ1n) is 10.5. The first-order valence-corrected chi connectivity index (χ1v) is 10.9. The largest absolute Gasteiger partial charge is 0.483 e. The standard InChI is InChI=1S/C24H31ClN2O2.ClH/c1-18-10-9-11-19(2)24(18)29-17-23(28)26-16-22(20-12-5-6-13-21(20)25)27-14-7-3-4-8-15-27;/h5-6,9-13,22H,3-4,7-8,14-17H2,1-2H3,(H,26,28);1H. The molecule has 1 unspecified atom stereocenters. The van der Waals surface area contributed by atoms with Crippen LogP contribution in [0.3, 0.4) is 0 Å². The van der Waals surface area contributed by atoms with E-state index in [0.29, 0.717) is 6.54 Å². The molecular formula is C24H32Cl2N2O2. The summed E-state index contributed by atoms with van der Waals surface area (Å²) >= 11 is 6.51. The van der Waals surface area contributed by atoms with Gasteiger partial charge in [-0.1, -0.05) is 60.8 Å². The second-order valence-corrected chi connectivity index (χ2v) is 8.21. The molecule has 30 heavy (non-hydrogen) atoms. The normalized spacial score (nSPS) is 15.6. The first-order chi connectivity index (χ1) is 14.1. The summed E-state index contributed by atoms with van der Waals surface area (Å²) in [4.78, 5) is 15.0. The van der Waals surface area contributed by atoms with Gasteiger partial charge in [0.05, 0.1) is 6.04 Å². The van der Waals surface area contributed by atoms with Gasteiger partial charge in [0.1, 0.15) is 5.75 Å². The highest BCUT2D eigenvalue weighted by molar-refractivity contribution is 6.31. The van der Waals surface area contributed by atoms with Crippen molar-refractivity contribution in [3.8, 4) is 5.75 Å². The molecule has 2 aromatic carbocycles. The van der Waals surface area contributed by atoms with Crippen LogP contribution >= 0.6 is 24.0 Å². The monoisotopic (exact) mass is 450 g/mol. The van der Waals surface area contributed by atoms with Crippen LogP contribution in [0.4, 0.5) is 0 Å². The van der Waals surface area contributed by atoms with E-state index in [9.17, 15) is 4.79 Å². The molecule has 0 saturated carbocycles. The van der Waals surface area contributed by atoms with Crippen molar-refractivity contribution < 1.29 is 9.53 Å². The van der Waals surface area contributed by atoms with E-state index in [-0.39, 0.29) is 31.0 Å². The van der Waals surface area contributed by atoms with Crippen LogP contribution in [0.5, 0.6) is 5.75 Å². The van der Waals surface area contributed by atoms with Crippen LogP contribution in [0.1, 0.15) is 48.4 Å². The lowest BCUT2D eigenvalue weighted by molar-refractivity contribution is -0.123. The number of ether oxygens (including phenoxy) is 1. The summed E-state index contributed by atoms with van der Waals surface area (Å²) in [5.41, 5.74) is 3.15. The summed E-state index contributed by atoms with van der Waals surface area (Å²) in [5.74, 6) is 0.678. The van der Waals surface area contributed by atoms with Gasteiger partial charge in [0.15, 0.2) is 6.61 Å². The van der Waals surface area contributed by atoms with Gasteiger partial charge in [0.2, 0.25) is 0 Å². The van der Waals surface area contributed by atoms with Gasteiger partial charge in [-0.25, -0.2) is 0 Å². The minimum Gasteiger partial charge on any atom is -0.483 e. The van der Waals surface area contributed by atoms with E-state index in [1.54, 1.807) is 0 Å². The summed E-state index contributed by atoms with van der Waals surface area (Å²) in [5, 5.41) is 3.82. The van der Waals surface area contributed by atoms with Gasteiger partial charge in [0, 0.05) is 11.6 Å². The molecule has 1 aliphatic rings. The second-order valence-electron chi connectivity index (χ2n) is 7.80. The van der Waals surface area contributed by atoms with E-state index in [1.807, 2.05) is 50.2 Å². The highest BCUT2D eigenvalue weighted by Gasteiger charge is 2.24. The van der Waals surface area contributed by atoms with Crippen LogP contribution in [0.15, 0.2) is 42.5 Å². The molecule has 0 spiro atoms. The van der Waals surface area contributed by atoms with Crippen molar-refractivity contribution in [1.29, 1.82) is 0 Å². The third-order valence-electron chi connectivity index (χ3n) is 5.59. The average molecular weight is 451 g/mol. The topological polar surface area (TPSA) is 41.6 Å². The lowest BCUT2D eigenvalue weighted by Crippen LogP contribution is -2.40. The molecule has 1 heterocycles. The summed E-state index contributed by atoms with van der Waals surface area (Å²) < 4.78 is 5.80. The number of nitrogens with one attached hydrogen (secondary N) is 1. The van der Waals surface area contributed by atoms with Crippen LogP contribution in [-0.2, 0) is 4.79 Å². The molecule has 1 atom stereocenters. The molecule has 6 heteroatoms. The molecule has 0 aliphatic carbocycles. The molecule has 4 nitrogen and oxygen atoms in total. The van der Waals surface area contributed by atoms with Crippen molar-refractivity contribution in [2.75, 3.05) is 26.2 Å². The molecule has 1 saturated heterocycles. The maximum absolute atomic E-state index is 12.5. The van der Waals surface area contributed by atoms with Crippen molar-refractivity contribution >= 4 is 29.9 Å². The fourth-order valence-corrected chi connectivity index (χ4v) is 4.28. The summed E-state index contributed by atoms with van der Waals surface area (Å²) in [6, 6.07) is 14.0. The van der Waals surface area contributed by atoms with Crippen molar-refractivity contribution in [3.63, 3.8) is 0 Å². The number of para-hydroxylation sites is 1. The number of amides is 1. The molecule has 0 radical (unpaired) electrons. The van der Waals surface area contributed by atoms with Crippen LogP contribution in [-0.4, -0.2) is 37.0 Å². The smallest absolute Gasteiger partial charge is 0.258 e. The molecule has 1 N–H and O–H groups in total. The van der Waals surface area contributed by atoms with Gasteiger partial charge in [0.25, 0.3) is 5.91 Å². The SMILES string of the molecule is Cc1cccc(C)c1OCC(=O)NCC(c1ccccc1Cl)N1CCCCCC1.Cl. The number of aryl methyl sites for hydroxylation is 2. The summed E-state index contributed by atoms with van der Waals surface area (Å²) in [6.07, 6.45) is 4.90. The Hall–Kier alpha value is -1.75. The van der Waals surface area contributed by atoms with Gasteiger partial charge in [-0.2, -0.15) is 0 Å². The molecule has 3 rings (SSSR count). The lowest BCUT2D eigenvalue weighted by Gasteiger charge is -2.31. The van der Waals surface area contributed by atoms with Gasteiger partial charge in [-0.05, 0) is 62.5 Å². The number of benzene rings is 2. The number of halogens is 2. The van der Waals surface area contributed by atoms with Crippen molar-refractivity contribution in [2.45, 2.75) is 45.6 Å². The van der Waals surface area contributed by atoms with Gasteiger partial charge in [-0.15, -0.1) is 12.4 Å². The van der Waals surface area contributed by atoms with E-state index in [2.05, 4.69) is 16.3 Å². The lowest BCUT2D eigenvalue weighted by atomic mass is 10.0. The van der Waals surface area contributed by atoms with E-state index in [0.717, 1.165) is 40.6 Å². The van der Waals surface area contributed by atoms with E-state index < -0.39 is 0 Å². The Bertz CT molecular complexity index is 800. The molecular weight excluding hydrogens is 419 g/mol. The Morgan fingerprint density at radius 1 is 1.03 bits per heavy atom. The Kier molecular flexibility index (Phi) is 9.96. The molecule has 2 aromatic rings. The molecule has 1 amide bonds. The zero-order valence-electron chi connectivity index (χ0n) is 17.8. The fourth-order valence-electron chi connectivity index (χ4n) is 4.01. The summed E-state index contributed by atoms with van der Waals surface area (Å²) in [6.45, 7) is 6.59. The van der Waals surface area contributed by atoms with Gasteiger partial charge >= 0.3 is 0 Å². The van der Waals surface area contributed by atoms with Crippen molar-refractivity contribution in [3.05, 3.63) is 64.2 Å². The fraction of sp³-hybridized carbons (Fsp3) is 0.458. The predicted molar refractivity (Wildman–Crippen MR) is 126 cm³/mol. The van der Waals surface area contributed by atoms with Crippen LogP contribution in [0.2, 0.25) is 5.02 Å². The third-order valence-corrected chi connectivity index (χ3v) is 5.94. The predicted octanol–water partition coefficient (Wildman–Crippen LogP) is 5.49.